The molecule has 4 nitrogen and oxygen atoms in total. The number of hydrogen-bond donors (Lipinski definition) is 1. The summed E-state index contributed by atoms with van der Waals surface area (Å²) >= 11 is 5.16. The first kappa shape index (κ1) is 14.9. The Hall–Kier alpha value is 0.410. The van der Waals surface area contributed by atoms with Crippen molar-refractivity contribution in [2.24, 2.45) is 0 Å². The second-order valence-electron chi connectivity index (χ2n) is 1.50. The van der Waals surface area contributed by atoms with E-state index in [2.05, 4.69) is 22.3 Å². The van der Waals surface area contributed by atoms with Crippen molar-refractivity contribution >= 4 is 29.9 Å². The molecule has 0 radical (unpaired) electrons. The number of esters is 1. The fourth-order valence-electron chi connectivity index (χ4n) is 0.472. The summed E-state index contributed by atoms with van der Waals surface area (Å²) in [5.41, 5.74) is 1.55. The molecule has 12 heavy (non-hydrogen) atoms. The molecule has 0 spiro atoms. The van der Waals surface area contributed by atoms with Crippen molar-refractivity contribution in [1.29, 1.82) is 0 Å². The minimum Gasteiger partial charge on any atom is -0.870 e. The normalized spacial score (nSPS) is 7.83. The molecule has 1 aromatic rings. The number of aromatic nitrogens is 1. The Morgan fingerprint density at radius 1 is 1.75 bits per heavy atom. The quantitative estimate of drug-likeness (QED) is 0.336. The first-order chi connectivity index (χ1) is 4.75. The molecule has 0 aliphatic carbocycles. The molecule has 1 heterocycles. The number of thiazole rings is 1. The second-order valence-corrected chi connectivity index (χ2v) is 2.78. The molecular weight excluding hydrogens is 209 g/mol. The Bertz CT molecular complexity index is 253. The van der Waals surface area contributed by atoms with Crippen LogP contribution in [-0.4, -0.2) is 23.5 Å². The van der Waals surface area contributed by atoms with Gasteiger partial charge in [-0.25, -0.2) is 9.78 Å². The molecule has 1 aromatic heterocycles. The molecule has 62 valence electrons. The van der Waals surface area contributed by atoms with Crippen molar-refractivity contribution in [1.82, 2.24) is 4.98 Å². The van der Waals surface area contributed by atoms with Crippen LogP contribution in [0.1, 0.15) is 9.67 Å². The Morgan fingerprint density at radius 3 is 2.67 bits per heavy atom. The zero-order valence-electron chi connectivity index (χ0n) is 6.64. The number of ether oxygens (including phenoxy) is 1. The molecule has 1 N–H and O–H groups in total. The van der Waals surface area contributed by atoms with E-state index in [-0.39, 0.29) is 41.0 Å². The Balaban J connectivity index is 0. The van der Waals surface area contributed by atoms with Gasteiger partial charge in [0.25, 0.3) is 0 Å². The molecule has 0 bridgehead atoms. The Morgan fingerprint density at radius 2 is 2.33 bits per heavy atom. The molecule has 0 atom stereocenters. The molecule has 7 heteroatoms. The van der Waals surface area contributed by atoms with E-state index in [1.165, 1.54) is 18.4 Å². The van der Waals surface area contributed by atoms with Crippen LogP contribution in [0.15, 0.2) is 10.5 Å². The Kier molecular flexibility index (Phi) is 8.54. The molecule has 0 aromatic carbocycles. The largest absolute Gasteiger partial charge is 1.00 e. The summed E-state index contributed by atoms with van der Waals surface area (Å²) < 4.78 is 4.46. The van der Waals surface area contributed by atoms with Gasteiger partial charge >= 0.3 is 35.5 Å². The SMILES string of the molecule is COC(=O)c1scnc1S.[Na+].[OH-]. The molecule has 0 aliphatic rings. The number of nitrogens with zero attached hydrogens (tertiary/aromatic N) is 1. The molecule has 0 saturated heterocycles. The van der Waals surface area contributed by atoms with Gasteiger partial charge in [-0.1, -0.05) is 0 Å². The van der Waals surface area contributed by atoms with Crippen molar-refractivity contribution < 1.29 is 44.6 Å². The van der Waals surface area contributed by atoms with Gasteiger partial charge in [-0.3, -0.25) is 0 Å². The molecule has 0 aliphatic heterocycles. The summed E-state index contributed by atoms with van der Waals surface area (Å²) in [7, 11) is 1.33. The van der Waals surface area contributed by atoms with Crippen molar-refractivity contribution in [3.63, 3.8) is 0 Å². The van der Waals surface area contributed by atoms with E-state index in [9.17, 15) is 4.79 Å². The van der Waals surface area contributed by atoms with Crippen LogP contribution in [0, 0.1) is 0 Å². The standard InChI is InChI=1S/C5H5NO2S2.Na.H2O/c1-8-5(7)3-4(9)6-2-10-3;;/h2,9H,1H3;;1H2/q;+1;/p-1. The van der Waals surface area contributed by atoms with E-state index in [0.717, 1.165) is 0 Å². The molecule has 1 rings (SSSR count). The van der Waals surface area contributed by atoms with E-state index < -0.39 is 0 Å². The smallest absolute Gasteiger partial charge is 0.870 e. The first-order valence-corrected chi connectivity index (χ1v) is 3.79. The monoisotopic (exact) mass is 215 g/mol. The van der Waals surface area contributed by atoms with Crippen LogP contribution in [0.2, 0.25) is 0 Å². The number of carbonyl (C=O) groups is 1. The second kappa shape index (κ2) is 6.88. The number of carbonyl (C=O) groups excluding carboxylic acids is 1. The number of hydrogen-bond acceptors (Lipinski definition) is 6. The van der Waals surface area contributed by atoms with Gasteiger partial charge in [-0.2, -0.15) is 0 Å². The summed E-state index contributed by atoms with van der Waals surface area (Å²) in [6.07, 6.45) is 0. The van der Waals surface area contributed by atoms with Crippen LogP contribution in [0.3, 0.4) is 0 Å². The number of methoxy groups -OCH3 is 1. The average molecular weight is 215 g/mol. The third-order valence-electron chi connectivity index (χ3n) is 0.919. The molecule has 0 unspecified atom stereocenters. The van der Waals surface area contributed by atoms with Crippen molar-refractivity contribution in [2.75, 3.05) is 7.11 Å². The van der Waals surface area contributed by atoms with Crippen LogP contribution >= 0.6 is 24.0 Å². The fraction of sp³-hybridized carbons (Fsp3) is 0.200. The van der Waals surface area contributed by atoms with Crippen molar-refractivity contribution in [3.8, 4) is 0 Å². The van der Waals surface area contributed by atoms with Gasteiger partial charge in [0.15, 0.2) is 0 Å². The third kappa shape index (κ3) is 3.42. The summed E-state index contributed by atoms with van der Waals surface area (Å²) in [6.45, 7) is 0. The summed E-state index contributed by atoms with van der Waals surface area (Å²) in [6, 6.07) is 0. The maximum absolute atomic E-state index is 10.8. The molecule has 0 fully saturated rings. The van der Waals surface area contributed by atoms with Gasteiger partial charge in [0.05, 0.1) is 12.6 Å². The number of thiol groups is 1. The predicted molar refractivity (Wildman–Crippen MR) is 42.6 cm³/mol. The summed E-state index contributed by atoms with van der Waals surface area (Å²) in [4.78, 5) is 15.0. The summed E-state index contributed by atoms with van der Waals surface area (Å²) in [5.74, 6) is -0.382. The minimum absolute atomic E-state index is 0. The van der Waals surface area contributed by atoms with Crippen LogP contribution in [0.25, 0.3) is 0 Å². The zero-order valence-corrected chi connectivity index (χ0v) is 10.4. The summed E-state index contributed by atoms with van der Waals surface area (Å²) in [5, 5.41) is 0.428. The molecule has 0 saturated carbocycles. The third-order valence-corrected chi connectivity index (χ3v) is 2.22. The topological polar surface area (TPSA) is 69.2 Å². The van der Waals surface area contributed by atoms with E-state index >= 15 is 0 Å². The Labute approximate surface area is 101 Å². The van der Waals surface area contributed by atoms with Gasteiger partial charge in [-0.05, 0) is 0 Å². The van der Waals surface area contributed by atoms with Crippen LogP contribution in [-0.2, 0) is 4.74 Å². The molecular formula is C5H6NNaO3S2. The zero-order chi connectivity index (χ0) is 7.56. The average Bonchev–Trinajstić information content (AvgIpc) is 2.34. The van der Waals surface area contributed by atoms with Gasteiger partial charge in [0.2, 0.25) is 0 Å². The van der Waals surface area contributed by atoms with Crippen LogP contribution in [0.4, 0.5) is 0 Å². The predicted octanol–water partition coefficient (Wildman–Crippen LogP) is -1.95. The van der Waals surface area contributed by atoms with Crippen molar-refractivity contribution in [3.05, 3.63) is 10.4 Å². The van der Waals surface area contributed by atoms with Crippen molar-refractivity contribution in [2.45, 2.75) is 5.03 Å². The van der Waals surface area contributed by atoms with Gasteiger partial charge < -0.3 is 10.2 Å². The maximum atomic E-state index is 10.8. The molecule has 0 amide bonds. The van der Waals surface area contributed by atoms with Gasteiger partial charge in [0, 0.05) is 0 Å². The fourth-order valence-corrected chi connectivity index (χ4v) is 1.46. The van der Waals surface area contributed by atoms with Gasteiger partial charge in [0.1, 0.15) is 9.90 Å². The van der Waals surface area contributed by atoms with E-state index in [1.807, 2.05) is 0 Å². The van der Waals surface area contributed by atoms with Crippen LogP contribution in [0.5, 0.6) is 0 Å². The van der Waals surface area contributed by atoms with E-state index in [0.29, 0.717) is 9.90 Å². The van der Waals surface area contributed by atoms with Crippen LogP contribution < -0.4 is 29.6 Å². The van der Waals surface area contributed by atoms with E-state index in [1.54, 1.807) is 5.51 Å². The first-order valence-electron chi connectivity index (χ1n) is 2.46. The van der Waals surface area contributed by atoms with Gasteiger partial charge in [-0.15, -0.1) is 24.0 Å². The maximum Gasteiger partial charge on any atom is 1.00 e. The number of rotatable bonds is 1. The minimum atomic E-state index is -0.382. The van der Waals surface area contributed by atoms with E-state index in [4.69, 9.17) is 0 Å².